The summed E-state index contributed by atoms with van der Waals surface area (Å²) in [6.45, 7) is 11.1. The van der Waals surface area contributed by atoms with Gasteiger partial charge >= 0.3 is 0 Å². The highest BCUT2D eigenvalue weighted by Gasteiger charge is 2.34. The number of benzene rings is 1. The number of carbonyl (C=O) groups is 1. The van der Waals surface area contributed by atoms with Gasteiger partial charge in [0.25, 0.3) is 5.91 Å². The van der Waals surface area contributed by atoms with Crippen molar-refractivity contribution in [1.82, 2.24) is 5.32 Å². The fourth-order valence-corrected chi connectivity index (χ4v) is 4.53. The SMILES string of the molecule is CCC/C(C)=C1/NC(=O)c2ccc(C)cc2C1C(C)CC1=CC=C(C)CC1. The summed E-state index contributed by atoms with van der Waals surface area (Å²) < 4.78 is 0. The summed E-state index contributed by atoms with van der Waals surface area (Å²) in [6.07, 6.45) is 10.1. The maximum Gasteiger partial charge on any atom is 0.255 e. The van der Waals surface area contributed by atoms with Crippen molar-refractivity contribution >= 4 is 5.91 Å². The van der Waals surface area contributed by atoms with E-state index in [1.54, 1.807) is 0 Å². The molecular weight excluding hydrogens is 330 g/mol. The van der Waals surface area contributed by atoms with Crippen LogP contribution in [0.4, 0.5) is 0 Å². The number of allylic oxidation sites excluding steroid dienone is 6. The van der Waals surface area contributed by atoms with Crippen molar-refractivity contribution in [3.05, 3.63) is 69.5 Å². The lowest BCUT2D eigenvalue weighted by molar-refractivity contribution is 0.0951. The van der Waals surface area contributed by atoms with Gasteiger partial charge in [-0.1, -0.05) is 66.8 Å². The Bertz CT molecular complexity index is 825. The molecule has 2 heteroatoms. The molecule has 2 unspecified atom stereocenters. The summed E-state index contributed by atoms with van der Waals surface area (Å²) in [7, 11) is 0. The van der Waals surface area contributed by atoms with Crippen molar-refractivity contribution in [2.45, 2.75) is 72.6 Å². The first-order chi connectivity index (χ1) is 12.9. The Balaban J connectivity index is 2.01. The number of carbonyl (C=O) groups excluding carboxylic acids is 1. The van der Waals surface area contributed by atoms with Gasteiger partial charge in [0, 0.05) is 17.2 Å². The molecule has 2 atom stereocenters. The van der Waals surface area contributed by atoms with Crippen LogP contribution in [0.15, 0.2) is 52.8 Å². The number of aryl methyl sites for hydroxylation is 1. The van der Waals surface area contributed by atoms with Crippen molar-refractivity contribution in [2.24, 2.45) is 5.92 Å². The molecule has 0 aromatic heterocycles. The fourth-order valence-electron chi connectivity index (χ4n) is 4.53. The highest BCUT2D eigenvalue weighted by Crippen LogP contribution is 2.42. The Morgan fingerprint density at radius 2 is 2.00 bits per heavy atom. The average molecular weight is 364 g/mol. The largest absolute Gasteiger partial charge is 0.325 e. The first-order valence-electron chi connectivity index (χ1n) is 10.4. The molecule has 2 aliphatic rings. The van der Waals surface area contributed by atoms with Crippen LogP contribution in [-0.2, 0) is 0 Å². The van der Waals surface area contributed by atoms with Gasteiger partial charge in [0.15, 0.2) is 0 Å². The highest BCUT2D eigenvalue weighted by atomic mass is 16.1. The Hall–Kier alpha value is -2.09. The van der Waals surface area contributed by atoms with Gasteiger partial charge in [0.2, 0.25) is 0 Å². The summed E-state index contributed by atoms with van der Waals surface area (Å²) in [4.78, 5) is 12.7. The van der Waals surface area contributed by atoms with Crippen molar-refractivity contribution in [1.29, 1.82) is 0 Å². The van der Waals surface area contributed by atoms with Crippen LogP contribution in [-0.4, -0.2) is 5.91 Å². The monoisotopic (exact) mass is 363 g/mol. The Labute approximate surface area is 164 Å². The van der Waals surface area contributed by atoms with Crippen molar-refractivity contribution < 1.29 is 4.79 Å². The second-order valence-electron chi connectivity index (χ2n) is 8.49. The first-order valence-corrected chi connectivity index (χ1v) is 10.4. The summed E-state index contributed by atoms with van der Waals surface area (Å²) in [6, 6.07) is 6.27. The molecule has 1 aliphatic carbocycles. The lowest BCUT2D eigenvalue weighted by Crippen LogP contribution is -2.36. The molecule has 0 bridgehead atoms. The van der Waals surface area contributed by atoms with Gasteiger partial charge in [-0.05, 0) is 64.0 Å². The molecule has 1 aromatic carbocycles. The molecule has 0 fully saturated rings. The molecule has 1 N–H and O–H groups in total. The Morgan fingerprint density at radius 1 is 1.22 bits per heavy atom. The van der Waals surface area contributed by atoms with Crippen LogP contribution in [0.25, 0.3) is 0 Å². The summed E-state index contributed by atoms with van der Waals surface area (Å²) in [5.74, 6) is 0.761. The second-order valence-corrected chi connectivity index (χ2v) is 8.49. The molecule has 0 spiro atoms. The Morgan fingerprint density at radius 3 is 2.67 bits per heavy atom. The van der Waals surface area contributed by atoms with E-state index in [1.807, 2.05) is 12.1 Å². The number of amides is 1. The minimum Gasteiger partial charge on any atom is -0.325 e. The quantitative estimate of drug-likeness (QED) is 0.628. The van der Waals surface area contributed by atoms with Crippen molar-refractivity contribution in [3.63, 3.8) is 0 Å². The number of fused-ring (bicyclic) bond motifs is 1. The summed E-state index contributed by atoms with van der Waals surface area (Å²) >= 11 is 0. The molecule has 1 aromatic rings. The molecule has 0 radical (unpaired) electrons. The van der Waals surface area contributed by atoms with E-state index >= 15 is 0 Å². The van der Waals surface area contributed by atoms with E-state index in [4.69, 9.17) is 0 Å². The Kier molecular flexibility index (Phi) is 6.04. The van der Waals surface area contributed by atoms with Crippen LogP contribution in [0.2, 0.25) is 0 Å². The maximum absolute atomic E-state index is 12.7. The number of hydrogen-bond donors (Lipinski definition) is 1. The zero-order valence-electron chi connectivity index (χ0n) is 17.5. The summed E-state index contributed by atoms with van der Waals surface area (Å²) in [5, 5.41) is 3.26. The molecule has 0 saturated heterocycles. The van der Waals surface area contributed by atoms with Gasteiger partial charge in [-0.2, -0.15) is 0 Å². The normalized spacial score (nSPS) is 22.4. The highest BCUT2D eigenvalue weighted by molar-refractivity contribution is 5.99. The van der Waals surface area contributed by atoms with Crippen LogP contribution in [0, 0.1) is 12.8 Å². The van der Waals surface area contributed by atoms with Gasteiger partial charge in [-0.3, -0.25) is 4.79 Å². The average Bonchev–Trinajstić information content (AvgIpc) is 2.63. The van der Waals surface area contributed by atoms with Gasteiger partial charge in [-0.15, -0.1) is 0 Å². The van der Waals surface area contributed by atoms with Crippen molar-refractivity contribution in [3.8, 4) is 0 Å². The zero-order chi connectivity index (χ0) is 19.6. The number of nitrogens with one attached hydrogen (secondary N) is 1. The molecule has 2 nitrogen and oxygen atoms in total. The van der Waals surface area contributed by atoms with Crippen LogP contribution in [0.1, 0.15) is 87.2 Å². The standard InChI is InChI=1S/C25H33NO/c1-6-7-18(4)24-23(19(5)15-20-11-8-16(2)9-12-20)22-14-17(3)10-13-21(22)25(27)26-24/h8,10-11,13-14,19,23H,6-7,9,12,15H2,1-5H3,(H,26,27)/b24-18+. The van der Waals surface area contributed by atoms with Crippen LogP contribution in [0.3, 0.4) is 0 Å². The van der Waals surface area contributed by atoms with E-state index in [9.17, 15) is 4.79 Å². The topological polar surface area (TPSA) is 29.1 Å². The van der Waals surface area contributed by atoms with E-state index in [1.165, 1.54) is 40.7 Å². The number of rotatable bonds is 5. The second kappa shape index (κ2) is 8.29. The maximum atomic E-state index is 12.7. The minimum absolute atomic E-state index is 0.0503. The van der Waals surface area contributed by atoms with Gasteiger partial charge in [-0.25, -0.2) is 0 Å². The lowest BCUT2D eigenvalue weighted by atomic mass is 9.74. The van der Waals surface area contributed by atoms with Crippen molar-refractivity contribution in [2.75, 3.05) is 0 Å². The van der Waals surface area contributed by atoms with Crippen LogP contribution >= 0.6 is 0 Å². The molecule has 0 saturated carbocycles. The van der Waals surface area contributed by atoms with Crippen LogP contribution in [0.5, 0.6) is 0 Å². The molecular formula is C25H33NO. The van der Waals surface area contributed by atoms with E-state index in [2.05, 4.69) is 58.2 Å². The predicted octanol–water partition coefficient (Wildman–Crippen LogP) is 6.59. The molecule has 3 rings (SSSR count). The van der Waals surface area contributed by atoms with Gasteiger partial charge in [0.05, 0.1) is 0 Å². The third-order valence-electron chi connectivity index (χ3n) is 6.03. The first kappa shape index (κ1) is 19.7. The lowest BCUT2D eigenvalue weighted by Gasteiger charge is -2.35. The van der Waals surface area contributed by atoms with E-state index in [0.29, 0.717) is 5.92 Å². The smallest absolute Gasteiger partial charge is 0.255 e. The van der Waals surface area contributed by atoms with E-state index in [0.717, 1.165) is 30.5 Å². The minimum atomic E-state index is 0.0503. The zero-order valence-corrected chi connectivity index (χ0v) is 17.5. The van der Waals surface area contributed by atoms with E-state index in [-0.39, 0.29) is 11.8 Å². The molecule has 1 heterocycles. The third kappa shape index (κ3) is 4.26. The molecule has 1 aliphatic heterocycles. The van der Waals surface area contributed by atoms with Gasteiger partial charge in [0.1, 0.15) is 0 Å². The third-order valence-corrected chi connectivity index (χ3v) is 6.03. The molecule has 144 valence electrons. The molecule has 27 heavy (non-hydrogen) atoms. The van der Waals surface area contributed by atoms with Crippen LogP contribution < -0.4 is 5.32 Å². The summed E-state index contributed by atoms with van der Waals surface area (Å²) in [5.41, 5.74) is 8.75. The number of hydrogen-bond acceptors (Lipinski definition) is 1. The predicted molar refractivity (Wildman–Crippen MR) is 114 cm³/mol. The fraction of sp³-hybridized carbons (Fsp3) is 0.480. The van der Waals surface area contributed by atoms with Gasteiger partial charge < -0.3 is 5.32 Å². The molecule has 1 amide bonds. The van der Waals surface area contributed by atoms with E-state index < -0.39 is 0 Å².